The largest absolute Gasteiger partial charge is 0.340 e. The molecule has 1 fully saturated rings. The number of aromatic amines is 1. The van der Waals surface area contributed by atoms with Crippen molar-refractivity contribution >= 4 is 17.1 Å². The second kappa shape index (κ2) is 8.47. The predicted octanol–water partition coefficient (Wildman–Crippen LogP) is 1.85. The number of hydrogen-bond acceptors (Lipinski definition) is 5. The first kappa shape index (κ1) is 20.4. The van der Waals surface area contributed by atoms with Gasteiger partial charge in [0.2, 0.25) is 5.95 Å². The van der Waals surface area contributed by atoms with Crippen molar-refractivity contribution in [2.75, 3.05) is 31.1 Å². The summed E-state index contributed by atoms with van der Waals surface area (Å²) in [4.78, 5) is 36.5. The molecule has 1 N–H and O–H groups in total. The number of piperazine rings is 1. The first-order chi connectivity index (χ1) is 14.5. The number of anilines is 1. The van der Waals surface area contributed by atoms with Crippen molar-refractivity contribution in [1.29, 1.82) is 0 Å². The van der Waals surface area contributed by atoms with E-state index in [0.29, 0.717) is 17.7 Å². The van der Waals surface area contributed by atoms with Gasteiger partial charge in [-0.3, -0.25) is 19.2 Å². The van der Waals surface area contributed by atoms with Gasteiger partial charge in [-0.15, -0.1) is 0 Å². The normalized spacial score (nSPS) is 15.2. The van der Waals surface area contributed by atoms with E-state index in [-0.39, 0.29) is 5.56 Å². The second-order valence-corrected chi connectivity index (χ2v) is 8.16. The molecule has 0 aliphatic carbocycles. The minimum absolute atomic E-state index is 0.360. The van der Waals surface area contributed by atoms with E-state index >= 15 is 0 Å². The fourth-order valence-electron chi connectivity index (χ4n) is 4.17. The third kappa shape index (κ3) is 3.92. The minimum Gasteiger partial charge on any atom is -0.340 e. The maximum atomic E-state index is 12.6. The van der Waals surface area contributed by atoms with Crippen LogP contribution in [0.4, 0.5) is 5.95 Å². The highest BCUT2D eigenvalue weighted by atomic mass is 16.2. The lowest BCUT2D eigenvalue weighted by Gasteiger charge is -2.35. The van der Waals surface area contributed by atoms with Crippen molar-refractivity contribution in [3.63, 3.8) is 0 Å². The molecule has 1 saturated heterocycles. The van der Waals surface area contributed by atoms with E-state index in [1.165, 1.54) is 15.7 Å². The Kier molecular flexibility index (Phi) is 5.76. The van der Waals surface area contributed by atoms with Crippen molar-refractivity contribution in [3.05, 3.63) is 56.2 Å². The van der Waals surface area contributed by atoms with E-state index in [2.05, 4.69) is 52.9 Å². The Morgan fingerprint density at radius 2 is 1.90 bits per heavy atom. The maximum absolute atomic E-state index is 12.6. The molecule has 8 heteroatoms. The van der Waals surface area contributed by atoms with Gasteiger partial charge in [0.05, 0.1) is 0 Å². The van der Waals surface area contributed by atoms with Gasteiger partial charge < -0.3 is 9.47 Å². The number of hydrogen-bond donors (Lipinski definition) is 1. The molecular formula is C22H30N6O2. The van der Waals surface area contributed by atoms with Crippen LogP contribution in [-0.4, -0.2) is 50.2 Å². The van der Waals surface area contributed by atoms with Crippen LogP contribution in [0.2, 0.25) is 0 Å². The number of nitrogens with zero attached hydrogens (tertiary/aromatic N) is 5. The fraction of sp³-hybridized carbons (Fsp3) is 0.500. The third-order valence-corrected chi connectivity index (χ3v) is 5.87. The number of imidazole rings is 1. The van der Waals surface area contributed by atoms with E-state index in [1.807, 2.05) is 4.57 Å². The Labute approximate surface area is 175 Å². The van der Waals surface area contributed by atoms with E-state index in [4.69, 9.17) is 4.98 Å². The molecule has 4 rings (SSSR count). The first-order valence-electron chi connectivity index (χ1n) is 10.7. The molecule has 0 spiro atoms. The van der Waals surface area contributed by atoms with Gasteiger partial charge >= 0.3 is 5.69 Å². The Balaban J connectivity index is 1.59. The van der Waals surface area contributed by atoms with Crippen molar-refractivity contribution in [1.82, 2.24) is 24.0 Å². The van der Waals surface area contributed by atoms with Gasteiger partial charge in [0.15, 0.2) is 11.2 Å². The van der Waals surface area contributed by atoms with E-state index in [0.717, 1.165) is 51.5 Å². The lowest BCUT2D eigenvalue weighted by molar-refractivity contribution is 0.248. The van der Waals surface area contributed by atoms with E-state index in [9.17, 15) is 9.59 Å². The van der Waals surface area contributed by atoms with Crippen LogP contribution in [-0.2, 0) is 20.1 Å². The van der Waals surface area contributed by atoms with Gasteiger partial charge in [-0.2, -0.15) is 4.98 Å². The molecule has 0 unspecified atom stereocenters. The molecule has 0 radical (unpaired) electrons. The fourth-order valence-corrected chi connectivity index (χ4v) is 4.17. The number of aromatic nitrogens is 4. The lowest BCUT2D eigenvalue weighted by atomic mass is 10.1. The summed E-state index contributed by atoms with van der Waals surface area (Å²) in [5.74, 6) is 0.792. The predicted molar refractivity (Wildman–Crippen MR) is 119 cm³/mol. The van der Waals surface area contributed by atoms with Crippen LogP contribution in [0.3, 0.4) is 0 Å². The first-order valence-corrected chi connectivity index (χ1v) is 10.7. The van der Waals surface area contributed by atoms with Crippen molar-refractivity contribution in [2.24, 2.45) is 7.05 Å². The number of fused-ring (bicyclic) bond motifs is 1. The molecule has 8 nitrogen and oxygen atoms in total. The number of aryl methyl sites for hydroxylation is 3. The maximum Gasteiger partial charge on any atom is 0.329 e. The molecule has 0 amide bonds. The minimum atomic E-state index is -0.429. The van der Waals surface area contributed by atoms with Crippen molar-refractivity contribution in [2.45, 2.75) is 39.8 Å². The molecule has 30 heavy (non-hydrogen) atoms. The Morgan fingerprint density at radius 1 is 1.13 bits per heavy atom. The summed E-state index contributed by atoms with van der Waals surface area (Å²) >= 11 is 0. The van der Waals surface area contributed by atoms with Gasteiger partial charge in [0.25, 0.3) is 5.56 Å². The molecule has 1 aromatic carbocycles. The smallest absolute Gasteiger partial charge is 0.329 e. The van der Waals surface area contributed by atoms with Gasteiger partial charge in [0, 0.05) is 46.3 Å². The quantitative estimate of drug-likeness (QED) is 0.671. The zero-order valence-electron chi connectivity index (χ0n) is 18.0. The molecule has 2 aromatic heterocycles. The van der Waals surface area contributed by atoms with Crippen LogP contribution in [0.5, 0.6) is 0 Å². The summed E-state index contributed by atoms with van der Waals surface area (Å²) in [6.07, 6.45) is 1.97. The van der Waals surface area contributed by atoms with Crippen LogP contribution in [0.1, 0.15) is 30.9 Å². The molecule has 3 aromatic rings. The average molecular weight is 411 g/mol. The van der Waals surface area contributed by atoms with Gasteiger partial charge in [0.1, 0.15) is 0 Å². The zero-order valence-corrected chi connectivity index (χ0v) is 18.0. The second-order valence-electron chi connectivity index (χ2n) is 8.16. The molecule has 0 atom stereocenters. The van der Waals surface area contributed by atoms with E-state index in [1.54, 1.807) is 7.05 Å². The zero-order chi connectivity index (χ0) is 21.3. The molecular weight excluding hydrogens is 380 g/mol. The number of benzene rings is 1. The molecule has 0 bridgehead atoms. The molecule has 0 saturated carbocycles. The Bertz CT molecular complexity index is 1150. The van der Waals surface area contributed by atoms with Crippen LogP contribution in [0, 0.1) is 6.92 Å². The summed E-state index contributed by atoms with van der Waals surface area (Å²) < 4.78 is 3.42. The Morgan fingerprint density at radius 3 is 2.60 bits per heavy atom. The molecule has 1 aliphatic heterocycles. The Hall–Kier alpha value is -2.87. The number of H-pyrrole nitrogens is 1. The average Bonchev–Trinajstić information content (AvgIpc) is 3.11. The topological polar surface area (TPSA) is 79.2 Å². The van der Waals surface area contributed by atoms with Gasteiger partial charge in [-0.05, 0) is 18.9 Å². The molecule has 160 valence electrons. The standard InChI is InChI=1S/C22H30N6O2/c1-4-5-9-28-18-19(25(3)22(30)24-20(18)29)23-21(28)27-12-10-26(11-13-27)15-17-8-6-7-16(2)14-17/h6-8,14H,4-5,9-13,15H2,1-3H3,(H,24,29,30). The number of unbranched alkanes of at least 4 members (excludes halogenated alkanes) is 1. The highest BCUT2D eigenvalue weighted by molar-refractivity contribution is 5.74. The number of nitrogens with one attached hydrogen (secondary N) is 1. The monoisotopic (exact) mass is 410 g/mol. The van der Waals surface area contributed by atoms with Crippen molar-refractivity contribution < 1.29 is 0 Å². The molecule has 1 aliphatic rings. The number of rotatable bonds is 6. The summed E-state index contributed by atoms with van der Waals surface area (Å²) in [6.45, 7) is 9.45. The highest BCUT2D eigenvalue weighted by Crippen LogP contribution is 2.22. The molecule has 3 heterocycles. The van der Waals surface area contributed by atoms with Crippen LogP contribution < -0.4 is 16.1 Å². The SMILES string of the molecule is CCCCn1c(N2CCN(Cc3cccc(C)c3)CC2)nc2c1c(=O)[nH]c(=O)n2C. The van der Waals surface area contributed by atoms with Gasteiger partial charge in [-0.25, -0.2) is 4.79 Å². The lowest BCUT2D eigenvalue weighted by Crippen LogP contribution is -2.46. The summed E-state index contributed by atoms with van der Waals surface area (Å²) in [5.41, 5.74) is 2.77. The van der Waals surface area contributed by atoms with Crippen molar-refractivity contribution in [3.8, 4) is 0 Å². The van der Waals surface area contributed by atoms with Crippen LogP contribution >= 0.6 is 0 Å². The van der Waals surface area contributed by atoms with Crippen LogP contribution in [0.15, 0.2) is 33.9 Å². The summed E-state index contributed by atoms with van der Waals surface area (Å²) in [7, 11) is 1.65. The van der Waals surface area contributed by atoms with E-state index < -0.39 is 5.69 Å². The summed E-state index contributed by atoms with van der Waals surface area (Å²) in [6, 6.07) is 8.65. The summed E-state index contributed by atoms with van der Waals surface area (Å²) in [5, 5.41) is 0. The van der Waals surface area contributed by atoms with Gasteiger partial charge in [-0.1, -0.05) is 43.2 Å². The van der Waals surface area contributed by atoms with Crippen LogP contribution in [0.25, 0.3) is 11.2 Å². The highest BCUT2D eigenvalue weighted by Gasteiger charge is 2.24. The third-order valence-electron chi connectivity index (χ3n) is 5.87.